The molecule has 0 saturated carbocycles. The number of hydrogen-bond acceptors (Lipinski definition) is 3. The molecule has 0 radical (unpaired) electrons. The lowest BCUT2D eigenvalue weighted by molar-refractivity contribution is 0.405. The summed E-state index contributed by atoms with van der Waals surface area (Å²) in [6.45, 7) is 4.69. The van der Waals surface area contributed by atoms with Crippen molar-refractivity contribution in [2.45, 2.75) is 31.6 Å². The summed E-state index contributed by atoms with van der Waals surface area (Å²) in [4.78, 5) is 5.43. The third-order valence-electron chi connectivity index (χ3n) is 11.1. The van der Waals surface area contributed by atoms with Crippen molar-refractivity contribution in [3.05, 3.63) is 192 Å². The van der Waals surface area contributed by atoms with E-state index in [0.29, 0.717) is 0 Å². The zero-order valence-corrected chi connectivity index (χ0v) is 28.7. The predicted octanol–water partition coefficient (Wildman–Crippen LogP) is 11.5. The Morgan fingerprint density at radius 2 is 1.22 bits per heavy atom. The van der Waals surface area contributed by atoms with Crippen LogP contribution in [0.25, 0.3) is 54.6 Å². The average Bonchev–Trinajstić information content (AvgIpc) is 3.43. The second kappa shape index (κ2) is 11.5. The number of fused-ring (bicyclic) bond motifs is 7. The van der Waals surface area contributed by atoms with Crippen molar-refractivity contribution in [1.82, 2.24) is 10.6 Å². The van der Waals surface area contributed by atoms with Crippen LogP contribution in [0.3, 0.4) is 0 Å². The van der Waals surface area contributed by atoms with Gasteiger partial charge < -0.3 is 5.32 Å². The van der Waals surface area contributed by atoms with E-state index >= 15 is 0 Å². The molecule has 1 heterocycles. The van der Waals surface area contributed by atoms with E-state index in [9.17, 15) is 0 Å². The van der Waals surface area contributed by atoms with Gasteiger partial charge in [-0.2, -0.15) is 0 Å². The Morgan fingerprint density at radius 1 is 0.529 bits per heavy atom. The molecule has 51 heavy (non-hydrogen) atoms. The maximum Gasteiger partial charge on any atom is 0.131 e. The Kier molecular flexibility index (Phi) is 6.74. The minimum Gasteiger partial charge on any atom is -0.350 e. The van der Waals surface area contributed by atoms with Crippen molar-refractivity contribution in [2.75, 3.05) is 0 Å². The molecular weight excluding hydrogens is 619 g/mol. The van der Waals surface area contributed by atoms with Gasteiger partial charge in [-0.3, -0.25) is 5.32 Å². The van der Waals surface area contributed by atoms with Gasteiger partial charge in [-0.15, -0.1) is 0 Å². The molecule has 2 N–H and O–H groups in total. The van der Waals surface area contributed by atoms with Gasteiger partial charge in [-0.25, -0.2) is 4.99 Å². The van der Waals surface area contributed by atoms with Gasteiger partial charge in [-0.05, 0) is 82.9 Å². The van der Waals surface area contributed by atoms with Crippen LogP contribution in [0.15, 0.2) is 169 Å². The van der Waals surface area contributed by atoms with Crippen molar-refractivity contribution in [1.29, 1.82) is 0 Å². The van der Waals surface area contributed by atoms with Gasteiger partial charge in [0.25, 0.3) is 0 Å². The van der Waals surface area contributed by atoms with Crippen LogP contribution in [-0.2, 0) is 5.41 Å². The summed E-state index contributed by atoms with van der Waals surface area (Å²) in [7, 11) is 0. The Labute approximate surface area is 298 Å². The monoisotopic (exact) mass is 655 g/mol. The molecule has 0 fully saturated rings. The highest BCUT2D eigenvalue weighted by atomic mass is 15.3. The molecular formula is C48H37N3. The maximum absolute atomic E-state index is 5.43. The summed E-state index contributed by atoms with van der Waals surface area (Å²) in [5.74, 6) is 0.888. The van der Waals surface area contributed by atoms with Crippen LogP contribution in [0, 0.1) is 0 Å². The zero-order chi connectivity index (χ0) is 34.1. The highest BCUT2D eigenvalue weighted by molar-refractivity contribution is 6.20. The minimum atomic E-state index is -0.232. The summed E-state index contributed by atoms with van der Waals surface area (Å²) >= 11 is 0. The quantitative estimate of drug-likeness (QED) is 0.146. The van der Waals surface area contributed by atoms with Gasteiger partial charge in [-0.1, -0.05) is 172 Å². The number of nitrogens with zero attached hydrogens (tertiary/aromatic N) is 1. The first-order valence-corrected chi connectivity index (χ1v) is 17.9. The van der Waals surface area contributed by atoms with Gasteiger partial charge >= 0.3 is 0 Å². The molecule has 0 spiro atoms. The molecule has 2 unspecified atom stereocenters. The molecule has 2 atom stereocenters. The summed E-state index contributed by atoms with van der Waals surface area (Å²) in [6.07, 6.45) is -0.341. The third-order valence-corrected chi connectivity index (χ3v) is 11.1. The Morgan fingerprint density at radius 3 is 2.06 bits per heavy atom. The molecule has 8 aromatic rings. The Hall–Kier alpha value is -6.03. The van der Waals surface area contributed by atoms with E-state index in [1.807, 2.05) is 0 Å². The Bertz CT molecular complexity index is 2670. The fourth-order valence-electron chi connectivity index (χ4n) is 8.73. The van der Waals surface area contributed by atoms with Crippen molar-refractivity contribution in [2.24, 2.45) is 4.99 Å². The van der Waals surface area contributed by atoms with Gasteiger partial charge in [0.15, 0.2) is 0 Å². The SMILES string of the molecule is CC1(C)c2ccccc2-c2cccc(C3N=C(c4ccc(-c5c6ccccc6cc6c5ccc5ccccc56)cc4)NC(c4ccccc4)N3)c21. The standard InChI is InChI=1S/C48H37N3/c1-48(2)42-22-11-10-19-37(42)39-20-12-21-40(44(39)48)47-50-45(32-14-4-3-5-15-32)49-46(51-47)33-25-23-31(24-26-33)43-36-18-9-7-16-34(36)29-41-35-17-8-6-13-30(35)27-28-38(41)43/h3-29,45,47,50H,1-2H3,(H,49,51). The van der Waals surface area contributed by atoms with Crippen LogP contribution in [0.2, 0.25) is 0 Å². The molecule has 244 valence electrons. The van der Waals surface area contributed by atoms with Crippen LogP contribution >= 0.6 is 0 Å². The van der Waals surface area contributed by atoms with Crippen LogP contribution in [-0.4, -0.2) is 5.84 Å². The first-order chi connectivity index (χ1) is 25.0. The maximum atomic E-state index is 5.43. The highest BCUT2D eigenvalue weighted by Gasteiger charge is 2.39. The van der Waals surface area contributed by atoms with Gasteiger partial charge in [0, 0.05) is 11.0 Å². The van der Waals surface area contributed by atoms with Gasteiger partial charge in [0.05, 0.1) is 0 Å². The normalized spacial score (nSPS) is 17.6. The predicted molar refractivity (Wildman–Crippen MR) is 213 cm³/mol. The number of nitrogens with one attached hydrogen (secondary N) is 2. The lowest BCUT2D eigenvalue weighted by Gasteiger charge is -2.34. The molecule has 8 aromatic carbocycles. The highest BCUT2D eigenvalue weighted by Crippen LogP contribution is 2.51. The van der Waals surface area contributed by atoms with Crippen LogP contribution in [0.5, 0.6) is 0 Å². The first-order valence-electron chi connectivity index (χ1n) is 17.9. The number of rotatable bonds is 4. The molecule has 0 aromatic heterocycles. The molecule has 1 aliphatic carbocycles. The van der Waals surface area contributed by atoms with Crippen LogP contribution in [0.1, 0.15) is 54.0 Å². The summed E-state index contributed by atoms with van der Waals surface area (Å²) in [6, 6.07) is 59.5. The van der Waals surface area contributed by atoms with E-state index in [-0.39, 0.29) is 17.7 Å². The lowest BCUT2D eigenvalue weighted by atomic mass is 9.79. The molecule has 3 nitrogen and oxygen atoms in total. The minimum absolute atomic E-state index is 0.110. The van der Waals surface area contributed by atoms with Crippen molar-refractivity contribution < 1.29 is 0 Å². The molecule has 0 bridgehead atoms. The van der Waals surface area contributed by atoms with Crippen LogP contribution in [0.4, 0.5) is 0 Å². The summed E-state index contributed by atoms with van der Waals surface area (Å²) in [5.41, 5.74) is 11.1. The fourth-order valence-corrected chi connectivity index (χ4v) is 8.73. The number of aliphatic imine (C=N–C) groups is 1. The average molecular weight is 656 g/mol. The Balaban J connectivity index is 1.10. The fraction of sp³-hybridized carbons (Fsp3) is 0.104. The van der Waals surface area contributed by atoms with E-state index < -0.39 is 0 Å². The first kappa shape index (κ1) is 29.8. The van der Waals surface area contributed by atoms with Crippen molar-refractivity contribution in [3.8, 4) is 22.3 Å². The van der Waals surface area contributed by atoms with E-state index in [1.54, 1.807) is 0 Å². The number of benzene rings is 8. The van der Waals surface area contributed by atoms with E-state index in [2.05, 4.69) is 188 Å². The smallest absolute Gasteiger partial charge is 0.131 e. The topological polar surface area (TPSA) is 36.4 Å². The largest absolute Gasteiger partial charge is 0.350 e. The van der Waals surface area contributed by atoms with Crippen molar-refractivity contribution >= 4 is 38.2 Å². The molecule has 1 aliphatic heterocycles. The zero-order valence-electron chi connectivity index (χ0n) is 28.7. The number of amidine groups is 1. The summed E-state index contributed by atoms with van der Waals surface area (Å²) in [5, 5.41) is 15.2. The van der Waals surface area contributed by atoms with Crippen molar-refractivity contribution in [3.63, 3.8) is 0 Å². The second-order valence-corrected chi connectivity index (χ2v) is 14.4. The van der Waals surface area contributed by atoms with Gasteiger partial charge in [0.1, 0.15) is 18.2 Å². The van der Waals surface area contributed by atoms with E-state index in [0.717, 1.165) is 11.4 Å². The van der Waals surface area contributed by atoms with E-state index in [1.165, 1.54) is 76.8 Å². The third kappa shape index (κ3) is 4.73. The summed E-state index contributed by atoms with van der Waals surface area (Å²) < 4.78 is 0. The van der Waals surface area contributed by atoms with Gasteiger partial charge in [0.2, 0.25) is 0 Å². The molecule has 2 aliphatic rings. The lowest BCUT2D eigenvalue weighted by Crippen LogP contribution is -2.45. The molecule has 10 rings (SSSR count). The second-order valence-electron chi connectivity index (χ2n) is 14.4. The molecule has 0 amide bonds. The van der Waals surface area contributed by atoms with Crippen LogP contribution < -0.4 is 10.6 Å². The number of hydrogen-bond donors (Lipinski definition) is 2. The molecule has 0 saturated heterocycles. The van der Waals surface area contributed by atoms with E-state index in [4.69, 9.17) is 4.99 Å². The molecule has 3 heteroatoms.